The van der Waals surface area contributed by atoms with Gasteiger partial charge in [0.05, 0.1) is 11.1 Å². The fraction of sp³-hybridized carbons (Fsp3) is 0.615. The second-order valence-corrected chi connectivity index (χ2v) is 5.28. The number of ether oxygens (including phenoxy) is 1. The molecule has 17 heavy (non-hydrogen) atoms. The van der Waals surface area contributed by atoms with Crippen LogP contribution in [0.4, 0.5) is 5.82 Å². The summed E-state index contributed by atoms with van der Waals surface area (Å²) in [6, 6.07) is 4.20. The average Bonchev–Trinajstić information content (AvgIpc) is 2.81. The molecular weight excluding hydrogens is 236 g/mol. The zero-order chi connectivity index (χ0) is 11.7. The molecule has 0 bridgehead atoms. The molecule has 0 amide bonds. The Morgan fingerprint density at radius 2 is 2.29 bits per heavy atom. The number of fused-ring (bicyclic) bond motifs is 1. The zero-order valence-corrected chi connectivity index (χ0v) is 10.5. The number of halogens is 1. The Bertz CT molecular complexity index is 399. The first-order valence-electron chi connectivity index (χ1n) is 6.33. The van der Waals surface area contributed by atoms with Crippen LogP contribution in [-0.2, 0) is 4.74 Å². The monoisotopic (exact) mass is 252 g/mol. The van der Waals surface area contributed by atoms with Crippen LogP contribution in [0.3, 0.4) is 0 Å². The number of nitrogens with one attached hydrogen (secondary N) is 1. The largest absolute Gasteiger partial charge is 0.378 e. The maximum Gasteiger partial charge on any atom is 0.144 e. The van der Waals surface area contributed by atoms with Crippen molar-refractivity contribution in [1.29, 1.82) is 0 Å². The van der Waals surface area contributed by atoms with E-state index in [1.165, 1.54) is 19.3 Å². The summed E-state index contributed by atoms with van der Waals surface area (Å²) in [6.07, 6.45) is 7.01. The van der Waals surface area contributed by atoms with E-state index in [4.69, 9.17) is 16.3 Å². The normalized spacial score (nSPS) is 32.2. The molecule has 3 nitrogen and oxygen atoms in total. The highest BCUT2D eigenvalue weighted by Gasteiger charge is 2.37. The summed E-state index contributed by atoms with van der Waals surface area (Å²) in [5.74, 6) is 1.44. The highest BCUT2D eigenvalue weighted by molar-refractivity contribution is 6.32. The van der Waals surface area contributed by atoms with Crippen molar-refractivity contribution in [2.45, 2.75) is 37.8 Å². The molecule has 0 radical (unpaired) electrons. The topological polar surface area (TPSA) is 34.2 Å². The lowest BCUT2D eigenvalue weighted by atomic mass is 9.82. The van der Waals surface area contributed by atoms with Crippen molar-refractivity contribution >= 4 is 17.4 Å². The number of pyridine rings is 1. The van der Waals surface area contributed by atoms with E-state index < -0.39 is 0 Å². The van der Waals surface area contributed by atoms with Crippen LogP contribution in [0, 0.1) is 5.92 Å². The number of hydrogen-bond acceptors (Lipinski definition) is 3. The SMILES string of the molecule is Clc1cccnc1NC1CCCC2OCCC12. The van der Waals surface area contributed by atoms with Crippen LogP contribution < -0.4 is 5.32 Å². The molecule has 1 saturated heterocycles. The summed E-state index contributed by atoms with van der Waals surface area (Å²) >= 11 is 6.13. The van der Waals surface area contributed by atoms with Crippen LogP contribution in [-0.4, -0.2) is 23.7 Å². The zero-order valence-electron chi connectivity index (χ0n) is 9.73. The van der Waals surface area contributed by atoms with Crippen molar-refractivity contribution in [3.05, 3.63) is 23.4 Å². The Hall–Kier alpha value is -0.800. The molecule has 1 aliphatic heterocycles. The van der Waals surface area contributed by atoms with Crippen LogP contribution in [0.25, 0.3) is 0 Å². The van der Waals surface area contributed by atoms with E-state index in [0.717, 1.165) is 18.8 Å². The lowest BCUT2D eigenvalue weighted by molar-refractivity contribution is 0.0619. The fourth-order valence-electron chi connectivity index (χ4n) is 3.02. The minimum Gasteiger partial charge on any atom is -0.378 e. The van der Waals surface area contributed by atoms with Crippen LogP contribution >= 0.6 is 11.6 Å². The molecule has 3 atom stereocenters. The third-order valence-corrected chi connectivity index (χ3v) is 4.17. The summed E-state index contributed by atoms with van der Waals surface area (Å²) in [6.45, 7) is 0.906. The van der Waals surface area contributed by atoms with Crippen molar-refractivity contribution in [2.75, 3.05) is 11.9 Å². The van der Waals surface area contributed by atoms with Crippen LogP contribution in [0.2, 0.25) is 5.02 Å². The third kappa shape index (κ3) is 2.26. The predicted octanol–water partition coefficient (Wildman–Crippen LogP) is 3.10. The predicted molar refractivity (Wildman–Crippen MR) is 68.4 cm³/mol. The molecule has 2 heterocycles. The van der Waals surface area contributed by atoms with Gasteiger partial charge in [-0.25, -0.2) is 4.98 Å². The first-order chi connectivity index (χ1) is 8.34. The Morgan fingerprint density at radius 3 is 3.18 bits per heavy atom. The van der Waals surface area contributed by atoms with E-state index in [0.29, 0.717) is 23.1 Å². The second kappa shape index (κ2) is 4.83. The number of nitrogens with zero attached hydrogens (tertiary/aromatic N) is 1. The van der Waals surface area contributed by atoms with E-state index in [2.05, 4.69) is 10.3 Å². The van der Waals surface area contributed by atoms with Gasteiger partial charge >= 0.3 is 0 Å². The molecule has 1 saturated carbocycles. The van der Waals surface area contributed by atoms with Crippen molar-refractivity contribution in [2.24, 2.45) is 5.92 Å². The smallest absolute Gasteiger partial charge is 0.144 e. The molecule has 1 aromatic heterocycles. The fourth-order valence-corrected chi connectivity index (χ4v) is 3.20. The van der Waals surface area contributed by atoms with E-state index in [9.17, 15) is 0 Å². The highest BCUT2D eigenvalue weighted by atomic mass is 35.5. The van der Waals surface area contributed by atoms with Gasteiger partial charge in [-0.15, -0.1) is 0 Å². The van der Waals surface area contributed by atoms with E-state index in [1.807, 2.05) is 12.1 Å². The molecule has 1 aromatic rings. The van der Waals surface area contributed by atoms with Crippen molar-refractivity contribution < 1.29 is 4.74 Å². The van der Waals surface area contributed by atoms with Crippen LogP contribution in [0.5, 0.6) is 0 Å². The Morgan fingerprint density at radius 1 is 1.35 bits per heavy atom. The number of anilines is 1. The van der Waals surface area contributed by atoms with E-state index in [-0.39, 0.29) is 0 Å². The van der Waals surface area contributed by atoms with Gasteiger partial charge in [-0.05, 0) is 37.8 Å². The molecule has 3 unspecified atom stereocenters. The van der Waals surface area contributed by atoms with Gasteiger partial charge in [-0.2, -0.15) is 0 Å². The van der Waals surface area contributed by atoms with Gasteiger partial charge in [0.25, 0.3) is 0 Å². The quantitative estimate of drug-likeness (QED) is 0.878. The number of rotatable bonds is 2. The molecule has 3 rings (SSSR count). The van der Waals surface area contributed by atoms with Gasteiger partial charge in [-0.3, -0.25) is 0 Å². The van der Waals surface area contributed by atoms with Gasteiger partial charge < -0.3 is 10.1 Å². The van der Waals surface area contributed by atoms with Crippen molar-refractivity contribution in [1.82, 2.24) is 4.98 Å². The third-order valence-electron chi connectivity index (χ3n) is 3.86. The summed E-state index contributed by atoms with van der Waals surface area (Å²) < 4.78 is 5.76. The number of aromatic nitrogens is 1. The van der Waals surface area contributed by atoms with Gasteiger partial charge in [0.15, 0.2) is 0 Å². The van der Waals surface area contributed by atoms with E-state index in [1.54, 1.807) is 6.20 Å². The van der Waals surface area contributed by atoms with Crippen LogP contribution in [0.15, 0.2) is 18.3 Å². The van der Waals surface area contributed by atoms with Crippen molar-refractivity contribution in [3.8, 4) is 0 Å². The molecule has 1 aliphatic carbocycles. The first kappa shape index (κ1) is 11.3. The second-order valence-electron chi connectivity index (χ2n) is 4.88. The molecule has 0 aromatic carbocycles. The maximum absolute atomic E-state index is 6.13. The van der Waals surface area contributed by atoms with Gasteiger partial charge in [0.2, 0.25) is 0 Å². The lowest BCUT2D eigenvalue weighted by Crippen LogP contribution is -2.38. The molecule has 2 fully saturated rings. The van der Waals surface area contributed by atoms with Gasteiger partial charge in [0, 0.05) is 24.8 Å². The minimum atomic E-state index is 0.448. The van der Waals surface area contributed by atoms with Gasteiger partial charge in [-0.1, -0.05) is 11.6 Å². The first-order valence-corrected chi connectivity index (χ1v) is 6.71. The molecule has 1 N–H and O–H groups in total. The van der Waals surface area contributed by atoms with E-state index >= 15 is 0 Å². The molecular formula is C13H17ClN2O. The standard InChI is InChI=1S/C13H17ClN2O/c14-10-3-2-7-15-13(10)16-11-4-1-5-12-9(11)6-8-17-12/h2-3,7,9,11-12H,1,4-6,8H2,(H,15,16). The average molecular weight is 253 g/mol. The van der Waals surface area contributed by atoms with Gasteiger partial charge in [0.1, 0.15) is 5.82 Å². The van der Waals surface area contributed by atoms with Crippen LogP contribution in [0.1, 0.15) is 25.7 Å². The highest BCUT2D eigenvalue weighted by Crippen LogP contribution is 2.36. The molecule has 92 valence electrons. The summed E-state index contributed by atoms with van der Waals surface area (Å²) in [7, 11) is 0. The Labute approximate surface area is 107 Å². The maximum atomic E-state index is 6.13. The molecule has 4 heteroatoms. The Kier molecular flexibility index (Phi) is 3.21. The summed E-state index contributed by atoms with van der Waals surface area (Å²) in [5.41, 5.74) is 0. The lowest BCUT2D eigenvalue weighted by Gasteiger charge is -2.33. The summed E-state index contributed by atoms with van der Waals surface area (Å²) in [5, 5.41) is 4.20. The number of hydrogen-bond donors (Lipinski definition) is 1. The minimum absolute atomic E-state index is 0.448. The summed E-state index contributed by atoms with van der Waals surface area (Å²) in [4.78, 5) is 4.30. The van der Waals surface area contributed by atoms with Crippen molar-refractivity contribution in [3.63, 3.8) is 0 Å². The molecule has 0 spiro atoms. The Balaban J connectivity index is 1.74. The molecule has 2 aliphatic rings.